The van der Waals surface area contributed by atoms with Gasteiger partial charge in [0.1, 0.15) is 0 Å². The molecule has 1 saturated heterocycles. The van der Waals surface area contributed by atoms with Crippen LogP contribution in [0, 0.1) is 13.8 Å². The second-order valence-electron chi connectivity index (χ2n) is 7.24. The molecule has 1 amide bonds. The number of nitrogens with zero attached hydrogens (tertiary/aromatic N) is 5. The van der Waals surface area contributed by atoms with Crippen molar-refractivity contribution in [2.24, 2.45) is 0 Å². The first-order chi connectivity index (χ1) is 14.1. The average molecular weight is 424 g/mol. The molecule has 6 nitrogen and oxygen atoms in total. The van der Waals surface area contributed by atoms with E-state index in [9.17, 15) is 4.79 Å². The number of aromatic nitrogens is 3. The van der Waals surface area contributed by atoms with Gasteiger partial charge in [0.15, 0.2) is 10.8 Å². The molecule has 0 radical (unpaired) electrons. The summed E-state index contributed by atoms with van der Waals surface area (Å²) >= 11 is 3.19. The van der Waals surface area contributed by atoms with Gasteiger partial charge in [-0.25, -0.2) is 4.68 Å². The third-order valence-electron chi connectivity index (χ3n) is 5.19. The van der Waals surface area contributed by atoms with Gasteiger partial charge in [-0.1, -0.05) is 29.5 Å². The Labute approximate surface area is 177 Å². The van der Waals surface area contributed by atoms with Crippen molar-refractivity contribution in [2.45, 2.75) is 13.8 Å². The Hall–Kier alpha value is -2.71. The molecule has 0 saturated carbocycles. The fraction of sp³-hybridized carbons (Fsp3) is 0.286. The van der Waals surface area contributed by atoms with Crippen LogP contribution in [0.25, 0.3) is 16.0 Å². The number of fused-ring (bicyclic) bond motifs is 1. The summed E-state index contributed by atoms with van der Waals surface area (Å²) in [6.45, 7) is 7.15. The summed E-state index contributed by atoms with van der Waals surface area (Å²) < 4.78 is 3.06. The minimum atomic E-state index is 0.134. The molecule has 5 rings (SSSR count). The number of anilines is 1. The van der Waals surface area contributed by atoms with Crippen molar-refractivity contribution in [3.8, 4) is 5.69 Å². The molecule has 0 atom stereocenters. The topological polar surface area (TPSA) is 54.3 Å². The Balaban J connectivity index is 1.38. The van der Waals surface area contributed by atoms with E-state index >= 15 is 0 Å². The van der Waals surface area contributed by atoms with Crippen molar-refractivity contribution in [3.63, 3.8) is 0 Å². The van der Waals surface area contributed by atoms with Gasteiger partial charge in [-0.2, -0.15) is 10.1 Å². The van der Waals surface area contributed by atoms with Crippen molar-refractivity contribution >= 4 is 44.1 Å². The summed E-state index contributed by atoms with van der Waals surface area (Å²) in [5, 5.41) is 7.66. The van der Waals surface area contributed by atoms with Crippen molar-refractivity contribution in [1.82, 2.24) is 19.7 Å². The molecule has 1 aliphatic heterocycles. The molecular formula is C21H21N5OS2. The third kappa shape index (κ3) is 3.32. The summed E-state index contributed by atoms with van der Waals surface area (Å²) in [5.41, 5.74) is 4.14. The molecule has 148 valence electrons. The predicted molar refractivity (Wildman–Crippen MR) is 119 cm³/mol. The van der Waals surface area contributed by atoms with Crippen LogP contribution in [0.15, 0.2) is 41.8 Å². The monoisotopic (exact) mass is 423 g/mol. The second-order valence-corrected chi connectivity index (χ2v) is 9.17. The molecule has 4 aromatic rings. The lowest BCUT2D eigenvalue weighted by Gasteiger charge is -2.34. The number of thiophene rings is 1. The van der Waals surface area contributed by atoms with E-state index in [0.717, 1.165) is 57.9 Å². The van der Waals surface area contributed by atoms with E-state index in [4.69, 9.17) is 10.1 Å². The molecule has 0 unspecified atom stereocenters. The van der Waals surface area contributed by atoms with Crippen molar-refractivity contribution < 1.29 is 4.79 Å². The Morgan fingerprint density at radius 3 is 2.62 bits per heavy atom. The maximum atomic E-state index is 12.6. The smallest absolute Gasteiger partial charge is 0.264 e. The van der Waals surface area contributed by atoms with Gasteiger partial charge in [-0.15, -0.1) is 11.3 Å². The molecule has 8 heteroatoms. The fourth-order valence-corrected chi connectivity index (χ4v) is 5.38. The van der Waals surface area contributed by atoms with E-state index in [2.05, 4.69) is 30.0 Å². The van der Waals surface area contributed by atoms with E-state index in [1.54, 1.807) is 11.3 Å². The first-order valence-corrected chi connectivity index (χ1v) is 11.3. The van der Waals surface area contributed by atoms with Gasteiger partial charge < -0.3 is 9.80 Å². The van der Waals surface area contributed by atoms with Crippen molar-refractivity contribution in [3.05, 3.63) is 57.9 Å². The van der Waals surface area contributed by atoms with Crippen LogP contribution in [0.1, 0.15) is 20.9 Å². The maximum Gasteiger partial charge on any atom is 0.264 e. The quantitative estimate of drug-likeness (QED) is 0.497. The predicted octanol–water partition coefficient (Wildman–Crippen LogP) is 4.12. The zero-order valence-corrected chi connectivity index (χ0v) is 18.0. The van der Waals surface area contributed by atoms with Crippen LogP contribution >= 0.6 is 22.7 Å². The van der Waals surface area contributed by atoms with Gasteiger partial charge in [0.05, 0.1) is 21.0 Å². The summed E-state index contributed by atoms with van der Waals surface area (Å²) in [5.74, 6) is 0.134. The average Bonchev–Trinajstić information content (AvgIpc) is 3.46. The first kappa shape index (κ1) is 18.3. The molecule has 1 aromatic carbocycles. The van der Waals surface area contributed by atoms with Gasteiger partial charge in [0.2, 0.25) is 0 Å². The number of piperazine rings is 1. The third-order valence-corrected chi connectivity index (χ3v) is 7.26. The van der Waals surface area contributed by atoms with E-state index in [1.165, 1.54) is 16.9 Å². The zero-order chi connectivity index (χ0) is 20.0. The Bertz CT molecular complexity index is 1170. The standard InChI is InChI=1S/C21H21N5OS2/c1-14-5-3-6-16(13-14)26-19-18(15(2)23-26)29-21(22-19)25-10-8-24(9-11-25)20(27)17-7-4-12-28-17/h3-7,12-13H,8-11H2,1-2H3. The lowest BCUT2D eigenvalue weighted by Crippen LogP contribution is -2.48. The van der Waals surface area contributed by atoms with Crippen LogP contribution < -0.4 is 4.90 Å². The van der Waals surface area contributed by atoms with Crippen LogP contribution in [0.5, 0.6) is 0 Å². The Morgan fingerprint density at radius 1 is 1.07 bits per heavy atom. The van der Waals surface area contributed by atoms with E-state index in [-0.39, 0.29) is 5.91 Å². The number of thiazole rings is 1. The van der Waals surface area contributed by atoms with Crippen LogP contribution in [0.3, 0.4) is 0 Å². The number of hydrogen-bond acceptors (Lipinski definition) is 6. The number of benzene rings is 1. The molecule has 1 aliphatic rings. The minimum Gasteiger partial charge on any atom is -0.344 e. The van der Waals surface area contributed by atoms with E-state index in [0.29, 0.717) is 0 Å². The number of aryl methyl sites for hydroxylation is 2. The highest BCUT2D eigenvalue weighted by Crippen LogP contribution is 2.33. The normalized spacial score (nSPS) is 14.7. The largest absolute Gasteiger partial charge is 0.344 e. The second kappa shape index (κ2) is 7.27. The summed E-state index contributed by atoms with van der Waals surface area (Å²) in [6, 6.07) is 12.1. The van der Waals surface area contributed by atoms with Crippen LogP contribution in [-0.4, -0.2) is 51.8 Å². The van der Waals surface area contributed by atoms with Gasteiger partial charge in [-0.05, 0) is 43.0 Å². The number of carbonyl (C=O) groups is 1. The van der Waals surface area contributed by atoms with Crippen molar-refractivity contribution in [2.75, 3.05) is 31.1 Å². The summed E-state index contributed by atoms with van der Waals surface area (Å²) in [7, 11) is 0. The number of rotatable bonds is 3. The molecule has 3 aromatic heterocycles. The molecular weight excluding hydrogens is 402 g/mol. The van der Waals surface area contributed by atoms with Crippen molar-refractivity contribution in [1.29, 1.82) is 0 Å². The van der Waals surface area contributed by atoms with Gasteiger partial charge >= 0.3 is 0 Å². The SMILES string of the molecule is Cc1cccc(-n2nc(C)c3sc(N4CCN(C(=O)c5cccs5)CC4)nc32)c1. The van der Waals surface area contributed by atoms with Gasteiger partial charge in [0.25, 0.3) is 5.91 Å². The molecule has 0 N–H and O–H groups in total. The highest BCUT2D eigenvalue weighted by molar-refractivity contribution is 7.22. The van der Waals surface area contributed by atoms with E-state index in [1.807, 2.05) is 40.1 Å². The van der Waals surface area contributed by atoms with Gasteiger partial charge in [0, 0.05) is 26.2 Å². The lowest BCUT2D eigenvalue weighted by molar-refractivity contribution is 0.0751. The number of carbonyl (C=O) groups excluding carboxylic acids is 1. The van der Waals surface area contributed by atoms with Gasteiger partial charge in [-0.3, -0.25) is 4.79 Å². The Kier molecular flexibility index (Phi) is 4.60. The van der Waals surface area contributed by atoms with Crippen LogP contribution in [-0.2, 0) is 0 Å². The molecule has 1 fully saturated rings. The first-order valence-electron chi connectivity index (χ1n) is 9.61. The van der Waals surface area contributed by atoms with E-state index < -0.39 is 0 Å². The summed E-state index contributed by atoms with van der Waals surface area (Å²) in [4.78, 5) is 22.5. The molecule has 4 heterocycles. The number of amides is 1. The minimum absolute atomic E-state index is 0.134. The molecule has 0 aliphatic carbocycles. The number of hydrogen-bond donors (Lipinski definition) is 0. The highest BCUT2D eigenvalue weighted by Gasteiger charge is 2.25. The molecule has 0 bridgehead atoms. The fourth-order valence-electron chi connectivity index (χ4n) is 3.66. The summed E-state index contributed by atoms with van der Waals surface area (Å²) in [6.07, 6.45) is 0. The van der Waals surface area contributed by atoms with Crippen LogP contribution in [0.4, 0.5) is 5.13 Å². The maximum absolute atomic E-state index is 12.6. The molecule has 29 heavy (non-hydrogen) atoms. The molecule has 0 spiro atoms. The zero-order valence-electron chi connectivity index (χ0n) is 16.3. The van der Waals surface area contributed by atoms with Crippen LogP contribution in [0.2, 0.25) is 0 Å². The Morgan fingerprint density at radius 2 is 1.90 bits per heavy atom. The highest BCUT2D eigenvalue weighted by atomic mass is 32.1. The lowest BCUT2D eigenvalue weighted by atomic mass is 10.2.